The molecule has 0 bridgehead atoms. The number of non-ortho nitro benzene ring substituents is 1. The average molecular weight is 328 g/mol. The lowest BCUT2D eigenvalue weighted by Crippen LogP contribution is -2.62. The van der Waals surface area contributed by atoms with Crippen LogP contribution in [0.15, 0.2) is 18.2 Å². The van der Waals surface area contributed by atoms with Crippen molar-refractivity contribution >= 4 is 22.9 Å². The van der Waals surface area contributed by atoms with Crippen LogP contribution in [0.4, 0.5) is 11.4 Å². The molecule has 0 unspecified atom stereocenters. The maximum absolute atomic E-state index is 12.9. The van der Waals surface area contributed by atoms with Gasteiger partial charge in [0, 0.05) is 43.2 Å². The number of hydrogen-bond acceptors (Lipinski definition) is 5. The van der Waals surface area contributed by atoms with Crippen molar-refractivity contribution < 1.29 is 14.5 Å². The molecule has 2 fully saturated rings. The Labute approximate surface area is 140 Å². The second kappa shape index (κ2) is 5.40. The molecule has 24 heavy (non-hydrogen) atoms. The molecule has 1 atom stereocenters. The van der Waals surface area contributed by atoms with Crippen molar-refractivity contribution in [1.82, 2.24) is 0 Å². The topological polar surface area (TPSA) is 80.5 Å². The molecule has 2 aliphatic heterocycles. The van der Waals surface area contributed by atoms with Crippen molar-refractivity contribution in [2.45, 2.75) is 51.0 Å². The summed E-state index contributed by atoms with van der Waals surface area (Å²) in [6, 6.07) is 4.78. The fourth-order valence-corrected chi connectivity index (χ4v) is 4.84. The van der Waals surface area contributed by atoms with Gasteiger partial charge in [-0.1, -0.05) is 0 Å². The molecule has 1 aromatic carbocycles. The average Bonchev–Trinajstić information content (AvgIpc) is 2.59. The van der Waals surface area contributed by atoms with Crippen LogP contribution >= 0.6 is 0 Å². The number of carbonyl (C=O) groups is 2. The van der Waals surface area contributed by atoms with E-state index in [1.165, 1.54) is 6.07 Å². The van der Waals surface area contributed by atoms with Crippen LogP contribution in [0.3, 0.4) is 0 Å². The van der Waals surface area contributed by atoms with Crippen LogP contribution < -0.4 is 4.90 Å². The summed E-state index contributed by atoms with van der Waals surface area (Å²) >= 11 is 0. The Bertz CT molecular complexity index is 727. The Hall–Kier alpha value is -2.24. The number of rotatable bonds is 1. The zero-order valence-corrected chi connectivity index (χ0v) is 13.5. The minimum absolute atomic E-state index is 0.0232. The van der Waals surface area contributed by atoms with Gasteiger partial charge in [-0.25, -0.2) is 0 Å². The molecule has 126 valence electrons. The van der Waals surface area contributed by atoms with Gasteiger partial charge in [0.05, 0.1) is 4.92 Å². The van der Waals surface area contributed by atoms with Crippen molar-refractivity contribution in [2.24, 2.45) is 5.41 Å². The molecular formula is C18H20N2O4. The third-order valence-electron chi connectivity index (χ3n) is 5.93. The van der Waals surface area contributed by atoms with E-state index in [4.69, 9.17) is 0 Å². The van der Waals surface area contributed by atoms with Crippen LogP contribution in [0.2, 0.25) is 0 Å². The molecule has 6 heteroatoms. The fourth-order valence-electron chi connectivity index (χ4n) is 4.84. The smallest absolute Gasteiger partial charge is 0.269 e. The second-order valence-electron chi connectivity index (χ2n) is 7.12. The highest BCUT2D eigenvalue weighted by Gasteiger charge is 2.57. The van der Waals surface area contributed by atoms with E-state index in [1.54, 1.807) is 12.1 Å². The van der Waals surface area contributed by atoms with Crippen LogP contribution in [-0.2, 0) is 16.0 Å². The van der Waals surface area contributed by atoms with Crippen molar-refractivity contribution in [1.29, 1.82) is 0 Å². The number of ketones is 2. The number of Topliss-reactive ketones (excluding diaryl/α,β-unsaturated/α-hetero) is 2. The molecule has 0 aromatic heterocycles. The summed E-state index contributed by atoms with van der Waals surface area (Å²) in [5, 5.41) is 11.1. The second-order valence-corrected chi connectivity index (χ2v) is 7.12. The zero-order chi connectivity index (χ0) is 16.9. The molecule has 3 aliphatic rings. The van der Waals surface area contributed by atoms with E-state index in [0.717, 1.165) is 37.1 Å². The monoisotopic (exact) mass is 328 g/mol. The minimum atomic E-state index is -0.985. The number of nitro groups is 1. The number of piperidine rings is 1. The van der Waals surface area contributed by atoms with Gasteiger partial charge < -0.3 is 4.90 Å². The first kappa shape index (κ1) is 15.3. The molecule has 0 amide bonds. The molecule has 4 rings (SSSR count). The van der Waals surface area contributed by atoms with Gasteiger partial charge in [-0.05, 0) is 43.7 Å². The van der Waals surface area contributed by atoms with Crippen LogP contribution in [0.1, 0.15) is 44.1 Å². The first-order chi connectivity index (χ1) is 11.5. The van der Waals surface area contributed by atoms with Gasteiger partial charge >= 0.3 is 0 Å². The van der Waals surface area contributed by atoms with E-state index in [0.29, 0.717) is 25.7 Å². The Morgan fingerprint density at radius 1 is 1.12 bits per heavy atom. The SMILES string of the molecule is O=C1CCCC(=O)C12Cc1cc([N+](=O)[O-])ccc1N1CCCC[C@H]12. The molecular weight excluding hydrogens is 308 g/mol. The van der Waals surface area contributed by atoms with Gasteiger partial charge in [0.15, 0.2) is 0 Å². The number of carbonyl (C=O) groups excluding carboxylic acids is 2. The van der Waals surface area contributed by atoms with Gasteiger partial charge in [0.25, 0.3) is 5.69 Å². The summed E-state index contributed by atoms with van der Waals surface area (Å²) < 4.78 is 0. The van der Waals surface area contributed by atoms with Gasteiger partial charge in [0.1, 0.15) is 17.0 Å². The van der Waals surface area contributed by atoms with Crippen LogP contribution in [0, 0.1) is 15.5 Å². The summed E-state index contributed by atoms with van der Waals surface area (Å²) in [4.78, 5) is 38.6. The van der Waals surface area contributed by atoms with Gasteiger partial charge in [-0.15, -0.1) is 0 Å². The van der Waals surface area contributed by atoms with Crippen LogP contribution in [0.5, 0.6) is 0 Å². The number of benzene rings is 1. The van der Waals surface area contributed by atoms with Crippen molar-refractivity contribution in [3.05, 3.63) is 33.9 Å². The van der Waals surface area contributed by atoms with Gasteiger partial charge in [-0.2, -0.15) is 0 Å². The van der Waals surface area contributed by atoms with E-state index >= 15 is 0 Å². The van der Waals surface area contributed by atoms with Crippen molar-refractivity contribution in [2.75, 3.05) is 11.4 Å². The summed E-state index contributed by atoms with van der Waals surface area (Å²) in [5.74, 6) is 0.0700. The zero-order valence-electron chi connectivity index (χ0n) is 13.5. The van der Waals surface area contributed by atoms with E-state index in [1.807, 2.05) is 0 Å². The van der Waals surface area contributed by atoms with E-state index < -0.39 is 10.3 Å². The Balaban J connectivity index is 1.88. The molecule has 0 radical (unpaired) electrons. The minimum Gasteiger partial charge on any atom is -0.367 e. The highest BCUT2D eigenvalue weighted by Crippen LogP contribution is 2.49. The molecule has 1 saturated carbocycles. The van der Waals surface area contributed by atoms with Crippen molar-refractivity contribution in [3.63, 3.8) is 0 Å². The quantitative estimate of drug-likeness (QED) is 0.450. The predicted molar refractivity (Wildman–Crippen MR) is 88.1 cm³/mol. The Morgan fingerprint density at radius 2 is 1.88 bits per heavy atom. The maximum Gasteiger partial charge on any atom is 0.269 e. The van der Waals surface area contributed by atoms with E-state index in [9.17, 15) is 19.7 Å². The lowest BCUT2D eigenvalue weighted by atomic mass is 9.60. The first-order valence-electron chi connectivity index (χ1n) is 8.64. The van der Waals surface area contributed by atoms with Gasteiger partial charge in [0.2, 0.25) is 0 Å². The molecule has 1 aliphatic carbocycles. The molecule has 1 saturated heterocycles. The summed E-state index contributed by atoms with van der Waals surface area (Å²) in [6.45, 7) is 0.803. The van der Waals surface area contributed by atoms with Crippen molar-refractivity contribution in [3.8, 4) is 0 Å². The highest BCUT2D eigenvalue weighted by molar-refractivity contribution is 6.11. The molecule has 2 heterocycles. The van der Waals surface area contributed by atoms with Crippen LogP contribution in [0.25, 0.3) is 0 Å². The fraction of sp³-hybridized carbons (Fsp3) is 0.556. The summed E-state index contributed by atoms with van der Waals surface area (Å²) in [5.41, 5.74) is 0.768. The van der Waals surface area contributed by atoms with E-state index in [2.05, 4.69) is 4.90 Å². The largest absolute Gasteiger partial charge is 0.367 e. The lowest BCUT2D eigenvalue weighted by molar-refractivity contribution is -0.384. The maximum atomic E-state index is 12.9. The third kappa shape index (κ3) is 2.01. The third-order valence-corrected chi connectivity index (χ3v) is 5.93. The normalized spacial score (nSPS) is 25.3. The van der Waals surface area contributed by atoms with Gasteiger partial charge in [-0.3, -0.25) is 19.7 Å². The Morgan fingerprint density at radius 3 is 2.58 bits per heavy atom. The summed E-state index contributed by atoms with van der Waals surface area (Å²) in [7, 11) is 0. The highest BCUT2D eigenvalue weighted by atomic mass is 16.6. The number of nitrogens with zero attached hydrogens (tertiary/aromatic N) is 2. The first-order valence-corrected chi connectivity index (χ1v) is 8.64. The lowest BCUT2D eigenvalue weighted by Gasteiger charge is -2.53. The number of fused-ring (bicyclic) bond motifs is 4. The molecule has 6 nitrogen and oxygen atoms in total. The molecule has 1 spiro atoms. The molecule has 1 aromatic rings. The number of anilines is 1. The predicted octanol–water partition coefficient (Wildman–Crippen LogP) is 2.82. The number of hydrogen-bond donors (Lipinski definition) is 0. The van der Waals surface area contributed by atoms with Crippen LogP contribution in [-0.4, -0.2) is 29.1 Å². The summed E-state index contributed by atoms with van der Waals surface area (Å²) in [6.07, 6.45) is 4.72. The number of nitro benzene ring substituents is 1. The molecule has 0 N–H and O–H groups in total. The Kier molecular flexibility index (Phi) is 3.44. The van der Waals surface area contributed by atoms with E-state index in [-0.39, 0.29) is 23.3 Å². The standard InChI is InChI=1S/C18H20N2O4/c21-16-5-3-6-17(22)18(16)11-12-10-13(20(23)24)7-8-14(12)19-9-2-1-4-15(18)19/h7-8,10,15H,1-6,9,11H2/t15-/m0/s1.